The molecule has 1 aromatic heterocycles. The largest absolute Gasteiger partial charge is 0.457 e. The van der Waals surface area contributed by atoms with E-state index >= 15 is 0 Å². The molecule has 30 heavy (non-hydrogen) atoms. The summed E-state index contributed by atoms with van der Waals surface area (Å²) in [6, 6.07) is 13.1. The van der Waals surface area contributed by atoms with Crippen LogP contribution in [-0.4, -0.2) is 23.8 Å². The second kappa shape index (κ2) is 9.42. The molecule has 0 radical (unpaired) electrons. The van der Waals surface area contributed by atoms with Crippen molar-refractivity contribution in [3.05, 3.63) is 89.8 Å². The SMILES string of the molecule is CNC(=O)c1cc(Oc2ccc(NC(=O)C=Cc3ccc(F)c(F)c3)cc2)ccn1. The summed E-state index contributed by atoms with van der Waals surface area (Å²) < 4.78 is 31.8. The molecule has 0 saturated heterocycles. The van der Waals surface area contributed by atoms with Crippen LogP contribution >= 0.6 is 0 Å². The molecular formula is C22H17F2N3O3. The van der Waals surface area contributed by atoms with Crippen molar-refractivity contribution in [3.8, 4) is 11.5 Å². The Morgan fingerprint density at radius 2 is 1.73 bits per heavy atom. The zero-order valence-corrected chi connectivity index (χ0v) is 15.9. The van der Waals surface area contributed by atoms with E-state index in [4.69, 9.17) is 4.74 Å². The first-order valence-electron chi connectivity index (χ1n) is 8.85. The van der Waals surface area contributed by atoms with Gasteiger partial charge in [-0.25, -0.2) is 8.78 Å². The van der Waals surface area contributed by atoms with Gasteiger partial charge in [-0.3, -0.25) is 14.6 Å². The Balaban J connectivity index is 1.60. The normalized spacial score (nSPS) is 10.6. The van der Waals surface area contributed by atoms with Crippen LogP contribution in [0.1, 0.15) is 16.1 Å². The van der Waals surface area contributed by atoms with Crippen LogP contribution in [0.25, 0.3) is 6.08 Å². The summed E-state index contributed by atoms with van der Waals surface area (Å²) in [7, 11) is 1.51. The van der Waals surface area contributed by atoms with Gasteiger partial charge in [0.15, 0.2) is 11.6 Å². The molecule has 0 unspecified atom stereocenters. The lowest BCUT2D eigenvalue weighted by Crippen LogP contribution is -2.18. The third-order valence-corrected chi connectivity index (χ3v) is 3.92. The molecule has 6 nitrogen and oxygen atoms in total. The first-order chi connectivity index (χ1) is 14.4. The molecule has 3 aromatic rings. The zero-order valence-electron chi connectivity index (χ0n) is 15.9. The van der Waals surface area contributed by atoms with Crippen LogP contribution in [0.3, 0.4) is 0 Å². The van der Waals surface area contributed by atoms with E-state index in [0.717, 1.165) is 12.1 Å². The Hall–Kier alpha value is -4.07. The van der Waals surface area contributed by atoms with Crippen molar-refractivity contribution in [2.45, 2.75) is 0 Å². The average molecular weight is 409 g/mol. The van der Waals surface area contributed by atoms with Crippen LogP contribution in [0.2, 0.25) is 0 Å². The van der Waals surface area contributed by atoms with Gasteiger partial charge in [0, 0.05) is 31.1 Å². The highest BCUT2D eigenvalue weighted by molar-refractivity contribution is 6.01. The Morgan fingerprint density at radius 1 is 0.967 bits per heavy atom. The molecule has 1 heterocycles. The number of hydrogen-bond acceptors (Lipinski definition) is 4. The number of benzene rings is 2. The Kier molecular flexibility index (Phi) is 6.49. The molecule has 0 aliphatic heterocycles. The van der Waals surface area contributed by atoms with Crippen LogP contribution < -0.4 is 15.4 Å². The smallest absolute Gasteiger partial charge is 0.269 e. The zero-order chi connectivity index (χ0) is 21.5. The molecule has 2 aromatic carbocycles. The lowest BCUT2D eigenvalue weighted by Gasteiger charge is -2.08. The standard InChI is InChI=1S/C22H17F2N3O3/c1-25-22(29)20-13-17(10-11-26-20)30-16-6-4-15(5-7-16)27-21(28)9-3-14-2-8-18(23)19(24)12-14/h2-13H,1H3,(H,25,29)(H,27,28). The molecule has 0 saturated carbocycles. The lowest BCUT2D eigenvalue weighted by atomic mass is 10.2. The predicted molar refractivity (Wildman–Crippen MR) is 108 cm³/mol. The van der Waals surface area contributed by atoms with Crippen LogP contribution in [0.15, 0.2) is 66.9 Å². The molecule has 8 heteroatoms. The summed E-state index contributed by atoms with van der Waals surface area (Å²) in [5, 5.41) is 5.13. The number of carbonyl (C=O) groups excluding carboxylic acids is 2. The molecule has 3 rings (SSSR count). The number of rotatable bonds is 6. The van der Waals surface area contributed by atoms with Crippen LogP contribution in [0.5, 0.6) is 11.5 Å². The number of halogens is 2. The fourth-order valence-corrected chi connectivity index (χ4v) is 2.44. The van der Waals surface area contributed by atoms with E-state index in [9.17, 15) is 18.4 Å². The van der Waals surface area contributed by atoms with Gasteiger partial charge in [0.25, 0.3) is 5.91 Å². The fourth-order valence-electron chi connectivity index (χ4n) is 2.44. The maximum atomic E-state index is 13.2. The quantitative estimate of drug-likeness (QED) is 0.599. The van der Waals surface area contributed by atoms with Gasteiger partial charge in [0.2, 0.25) is 5.91 Å². The summed E-state index contributed by atoms with van der Waals surface area (Å²) >= 11 is 0. The van der Waals surface area contributed by atoms with Gasteiger partial charge in [-0.05, 0) is 54.1 Å². The molecule has 0 fully saturated rings. The van der Waals surface area contributed by atoms with Crippen molar-refractivity contribution in [1.82, 2.24) is 10.3 Å². The maximum absolute atomic E-state index is 13.2. The number of hydrogen-bond donors (Lipinski definition) is 2. The van der Waals surface area contributed by atoms with E-state index in [0.29, 0.717) is 22.7 Å². The van der Waals surface area contributed by atoms with Gasteiger partial charge in [0.05, 0.1) is 0 Å². The summed E-state index contributed by atoms with van der Waals surface area (Å²) in [6.07, 6.45) is 4.06. The Bertz CT molecular complexity index is 1100. The highest BCUT2D eigenvalue weighted by Crippen LogP contribution is 2.23. The van der Waals surface area contributed by atoms with Crippen LogP contribution in [0.4, 0.5) is 14.5 Å². The van der Waals surface area contributed by atoms with Crippen LogP contribution in [-0.2, 0) is 4.79 Å². The van der Waals surface area contributed by atoms with Gasteiger partial charge in [-0.1, -0.05) is 6.07 Å². The second-order valence-corrected chi connectivity index (χ2v) is 6.08. The highest BCUT2D eigenvalue weighted by Gasteiger charge is 2.07. The fraction of sp³-hybridized carbons (Fsp3) is 0.0455. The Morgan fingerprint density at radius 3 is 2.43 bits per heavy atom. The first kappa shape index (κ1) is 20.7. The molecule has 0 bridgehead atoms. The van der Waals surface area contributed by atoms with Crippen molar-refractivity contribution in [2.24, 2.45) is 0 Å². The number of ether oxygens (including phenoxy) is 1. The molecule has 0 atom stereocenters. The molecular weight excluding hydrogens is 392 g/mol. The number of carbonyl (C=O) groups is 2. The number of nitrogens with zero attached hydrogens (tertiary/aromatic N) is 1. The van der Waals surface area contributed by atoms with Crippen molar-refractivity contribution < 1.29 is 23.1 Å². The van der Waals surface area contributed by atoms with E-state index < -0.39 is 17.5 Å². The summed E-state index contributed by atoms with van der Waals surface area (Å²) in [6.45, 7) is 0. The number of nitrogens with one attached hydrogen (secondary N) is 2. The van der Waals surface area contributed by atoms with Gasteiger partial charge < -0.3 is 15.4 Å². The van der Waals surface area contributed by atoms with Gasteiger partial charge in [-0.2, -0.15) is 0 Å². The summed E-state index contributed by atoms with van der Waals surface area (Å²) in [5.74, 6) is -1.75. The minimum atomic E-state index is -0.982. The van der Waals surface area contributed by atoms with E-state index in [2.05, 4.69) is 15.6 Å². The second-order valence-electron chi connectivity index (χ2n) is 6.08. The Labute approximate surface area is 171 Å². The van der Waals surface area contributed by atoms with Gasteiger partial charge in [-0.15, -0.1) is 0 Å². The molecule has 2 N–H and O–H groups in total. The number of pyridine rings is 1. The van der Waals surface area contributed by atoms with Crippen molar-refractivity contribution in [2.75, 3.05) is 12.4 Å². The minimum absolute atomic E-state index is 0.228. The molecule has 2 amide bonds. The van der Waals surface area contributed by atoms with E-state index in [1.165, 1.54) is 37.5 Å². The molecule has 0 aliphatic carbocycles. The van der Waals surface area contributed by atoms with E-state index in [1.54, 1.807) is 30.3 Å². The summed E-state index contributed by atoms with van der Waals surface area (Å²) in [5.41, 5.74) is 1.11. The average Bonchev–Trinajstić information content (AvgIpc) is 2.75. The number of amides is 2. The lowest BCUT2D eigenvalue weighted by molar-refractivity contribution is -0.111. The number of anilines is 1. The minimum Gasteiger partial charge on any atom is -0.457 e. The van der Waals surface area contributed by atoms with Gasteiger partial charge in [0.1, 0.15) is 17.2 Å². The first-order valence-corrected chi connectivity index (χ1v) is 8.85. The van der Waals surface area contributed by atoms with Gasteiger partial charge >= 0.3 is 0 Å². The molecule has 0 spiro atoms. The third-order valence-electron chi connectivity index (χ3n) is 3.92. The topological polar surface area (TPSA) is 80.3 Å². The van der Waals surface area contributed by atoms with Crippen molar-refractivity contribution >= 4 is 23.6 Å². The summed E-state index contributed by atoms with van der Waals surface area (Å²) in [4.78, 5) is 27.6. The molecule has 0 aliphatic rings. The predicted octanol–water partition coefficient (Wildman–Crippen LogP) is 4.16. The highest BCUT2D eigenvalue weighted by atomic mass is 19.2. The monoisotopic (exact) mass is 409 g/mol. The molecule has 152 valence electrons. The van der Waals surface area contributed by atoms with Crippen LogP contribution in [0, 0.1) is 11.6 Å². The number of aromatic nitrogens is 1. The van der Waals surface area contributed by atoms with Crippen molar-refractivity contribution in [1.29, 1.82) is 0 Å². The van der Waals surface area contributed by atoms with E-state index in [-0.39, 0.29) is 11.6 Å². The third kappa shape index (κ3) is 5.48. The van der Waals surface area contributed by atoms with Crippen molar-refractivity contribution in [3.63, 3.8) is 0 Å². The maximum Gasteiger partial charge on any atom is 0.269 e. The van der Waals surface area contributed by atoms with E-state index in [1.807, 2.05) is 0 Å².